The van der Waals surface area contributed by atoms with E-state index in [-0.39, 0.29) is 17.4 Å². The van der Waals surface area contributed by atoms with Crippen LogP contribution < -0.4 is 0 Å². The summed E-state index contributed by atoms with van der Waals surface area (Å²) in [5.74, 6) is -0.680. The van der Waals surface area contributed by atoms with Crippen molar-refractivity contribution < 1.29 is 22.7 Å². The number of carbonyl (C=O) groups is 2. The maximum Gasteiger partial charge on any atom is 0.328 e. The predicted octanol–water partition coefficient (Wildman–Crippen LogP) is 0.754. The van der Waals surface area contributed by atoms with Crippen LogP contribution in [0.25, 0.3) is 0 Å². The van der Waals surface area contributed by atoms with Crippen molar-refractivity contribution in [2.75, 3.05) is 18.6 Å². The average molecular weight is 305 g/mol. The minimum absolute atomic E-state index is 0.0633. The van der Waals surface area contributed by atoms with Crippen LogP contribution in [0.2, 0.25) is 0 Å². The zero-order valence-electron chi connectivity index (χ0n) is 12.3. The van der Waals surface area contributed by atoms with Crippen LogP contribution in [0, 0.1) is 0 Å². The Morgan fingerprint density at radius 3 is 2.50 bits per heavy atom. The number of hydrogen-bond donors (Lipinski definition) is 0. The highest BCUT2D eigenvalue weighted by Gasteiger charge is 2.38. The number of hydrogen-bond acceptors (Lipinski definition) is 5. The minimum atomic E-state index is -3.11. The number of esters is 1. The normalized spacial score (nSPS) is 22.2. The van der Waals surface area contributed by atoms with Crippen molar-refractivity contribution in [3.8, 4) is 0 Å². The summed E-state index contributed by atoms with van der Waals surface area (Å²) in [5.41, 5.74) is 0. The first-order chi connectivity index (χ1) is 9.32. The fourth-order valence-electron chi connectivity index (χ4n) is 2.47. The lowest BCUT2D eigenvalue weighted by Crippen LogP contribution is -2.50. The Hall–Kier alpha value is -1.11. The summed E-state index contributed by atoms with van der Waals surface area (Å²) in [6, 6.07) is -1.17. The van der Waals surface area contributed by atoms with E-state index in [9.17, 15) is 18.0 Å². The van der Waals surface area contributed by atoms with Gasteiger partial charge in [-0.1, -0.05) is 13.3 Å². The lowest BCUT2D eigenvalue weighted by Gasteiger charge is -2.32. The molecule has 0 spiro atoms. The lowest BCUT2D eigenvalue weighted by molar-refractivity contribution is -0.153. The van der Waals surface area contributed by atoms with Gasteiger partial charge < -0.3 is 9.64 Å². The molecule has 0 unspecified atom stereocenters. The van der Waals surface area contributed by atoms with Crippen molar-refractivity contribution in [3.63, 3.8) is 0 Å². The molecular weight excluding hydrogens is 282 g/mol. The molecular formula is C13H23NO5S. The average Bonchev–Trinajstić information content (AvgIpc) is 2.75. The quantitative estimate of drug-likeness (QED) is 0.677. The SMILES string of the molecule is CCCCC(=O)N([C@@H]1CCS(=O)(=O)C1)[C@@H](C)C(=O)OC. The first-order valence-electron chi connectivity index (χ1n) is 6.91. The van der Waals surface area contributed by atoms with Gasteiger partial charge in [0.25, 0.3) is 0 Å². The molecule has 0 radical (unpaired) electrons. The van der Waals surface area contributed by atoms with E-state index in [0.29, 0.717) is 12.8 Å². The zero-order valence-corrected chi connectivity index (χ0v) is 13.1. The van der Waals surface area contributed by atoms with Gasteiger partial charge in [-0.25, -0.2) is 13.2 Å². The first-order valence-corrected chi connectivity index (χ1v) is 8.74. The third kappa shape index (κ3) is 4.19. The van der Waals surface area contributed by atoms with Gasteiger partial charge in [-0.15, -0.1) is 0 Å². The number of unbranched alkanes of at least 4 members (excludes halogenated alkanes) is 1. The summed E-state index contributed by atoms with van der Waals surface area (Å²) in [7, 11) is -1.84. The standard InChI is InChI=1S/C13H23NO5S/c1-4-5-6-12(15)14(10(2)13(16)19-3)11-7-8-20(17,18)9-11/h10-11H,4-9H2,1-3H3/t10-,11+/m0/s1. The number of nitrogens with zero attached hydrogens (tertiary/aromatic N) is 1. The number of rotatable bonds is 6. The number of sulfone groups is 1. The van der Waals surface area contributed by atoms with Gasteiger partial charge in [-0.05, 0) is 19.8 Å². The fraction of sp³-hybridized carbons (Fsp3) is 0.846. The van der Waals surface area contributed by atoms with Crippen molar-refractivity contribution >= 4 is 21.7 Å². The van der Waals surface area contributed by atoms with Gasteiger partial charge in [-0.2, -0.15) is 0 Å². The van der Waals surface area contributed by atoms with Gasteiger partial charge in [-0.3, -0.25) is 4.79 Å². The number of amides is 1. The molecule has 1 rings (SSSR count). The van der Waals surface area contributed by atoms with Crippen LogP contribution in [0.5, 0.6) is 0 Å². The second kappa shape index (κ2) is 7.06. The van der Waals surface area contributed by atoms with Crippen molar-refractivity contribution in [1.82, 2.24) is 4.90 Å². The molecule has 1 aliphatic heterocycles. The molecule has 1 fully saturated rings. The predicted molar refractivity (Wildman–Crippen MR) is 74.9 cm³/mol. The molecule has 0 aromatic carbocycles. The third-order valence-electron chi connectivity index (χ3n) is 3.59. The number of ether oxygens (including phenoxy) is 1. The highest BCUT2D eigenvalue weighted by molar-refractivity contribution is 7.91. The van der Waals surface area contributed by atoms with Crippen molar-refractivity contribution in [3.05, 3.63) is 0 Å². The fourth-order valence-corrected chi connectivity index (χ4v) is 4.18. The molecule has 1 aliphatic rings. The van der Waals surface area contributed by atoms with E-state index >= 15 is 0 Å². The Morgan fingerprint density at radius 2 is 2.05 bits per heavy atom. The molecule has 0 N–H and O–H groups in total. The number of carbonyl (C=O) groups excluding carboxylic acids is 2. The molecule has 0 saturated carbocycles. The van der Waals surface area contributed by atoms with E-state index in [4.69, 9.17) is 0 Å². The van der Waals surface area contributed by atoms with Gasteiger partial charge >= 0.3 is 5.97 Å². The Balaban J connectivity index is 2.90. The molecule has 116 valence electrons. The van der Waals surface area contributed by atoms with Crippen molar-refractivity contribution in [2.45, 2.75) is 51.6 Å². The summed E-state index contributed by atoms with van der Waals surface area (Å²) >= 11 is 0. The van der Waals surface area contributed by atoms with E-state index in [0.717, 1.165) is 12.8 Å². The van der Waals surface area contributed by atoms with E-state index in [1.807, 2.05) is 6.92 Å². The summed E-state index contributed by atoms with van der Waals surface area (Å²) in [6.07, 6.45) is 2.31. The lowest BCUT2D eigenvalue weighted by atomic mass is 10.1. The monoisotopic (exact) mass is 305 g/mol. The first kappa shape index (κ1) is 16.9. The van der Waals surface area contributed by atoms with E-state index < -0.39 is 27.9 Å². The second-order valence-electron chi connectivity index (χ2n) is 5.16. The molecule has 0 aliphatic carbocycles. The molecule has 20 heavy (non-hydrogen) atoms. The van der Waals surface area contributed by atoms with Gasteiger partial charge in [0.05, 0.1) is 18.6 Å². The van der Waals surface area contributed by atoms with Gasteiger partial charge in [0, 0.05) is 12.5 Å². The minimum Gasteiger partial charge on any atom is -0.467 e. The van der Waals surface area contributed by atoms with Crippen molar-refractivity contribution in [1.29, 1.82) is 0 Å². The summed E-state index contributed by atoms with van der Waals surface area (Å²) in [6.45, 7) is 3.56. The summed E-state index contributed by atoms with van der Waals surface area (Å²) < 4.78 is 27.9. The largest absolute Gasteiger partial charge is 0.467 e. The Morgan fingerprint density at radius 1 is 1.40 bits per heavy atom. The zero-order chi connectivity index (χ0) is 15.3. The second-order valence-corrected chi connectivity index (χ2v) is 7.39. The maximum absolute atomic E-state index is 12.3. The van der Waals surface area contributed by atoms with Crippen LogP contribution in [0.1, 0.15) is 39.5 Å². The van der Waals surface area contributed by atoms with Gasteiger partial charge in [0.1, 0.15) is 6.04 Å². The molecule has 2 atom stereocenters. The van der Waals surface area contributed by atoms with Crippen LogP contribution >= 0.6 is 0 Å². The molecule has 1 saturated heterocycles. The van der Waals surface area contributed by atoms with Crippen LogP contribution in [-0.2, 0) is 24.2 Å². The molecule has 1 amide bonds. The highest BCUT2D eigenvalue weighted by Crippen LogP contribution is 2.22. The van der Waals surface area contributed by atoms with Crippen LogP contribution in [0.4, 0.5) is 0 Å². The van der Waals surface area contributed by atoms with E-state index in [2.05, 4.69) is 4.74 Å². The highest BCUT2D eigenvalue weighted by atomic mass is 32.2. The Labute approximate surface area is 120 Å². The van der Waals surface area contributed by atoms with Gasteiger partial charge in [0.2, 0.25) is 5.91 Å². The topological polar surface area (TPSA) is 80.8 Å². The van der Waals surface area contributed by atoms with Crippen molar-refractivity contribution in [2.24, 2.45) is 0 Å². The molecule has 7 heteroatoms. The van der Waals surface area contributed by atoms with Crippen LogP contribution in [0.3, 0.4) is 0 Å². The maximum atomic E-state index is 12.3. The molecule has 1 heterocycles. The van der Waals surface area contributed by atoms with E-state index in [1.165, 1.54) is 12.0 Å². The molecule has 0 aromatic rings. The third-order valence-corrected chi connectivity index (χ3v) is 5.34. The molecule has 0 aromatic heterocycles. The Kier molecular flexibility index (Phi) is 5.98. The molecule has 0 bridgehead atoms. The van der Waals surface area contributed by atoms with Gasteiger partial charge in [0.15, 0.2) is 9.84 Å². The summed E-state index contributed by atoms with van der Waals surface area (Å²) in [5, 5.41) is 0. The number of methoxy groups -OCH3 is 1. The summed E-state index contributed by atoms with van der Waals surface area (Å²) in [4.78, 5) is 25.4. The molecule has 6 nitrogen and oxygen atoms in total. The smallest absolute Gasteiger partial charge is 0.328 e. The Bertz CT molecular complexity index is 459. The van der Waals surface area contributed by atoms with E-state index in [1.54, 1.807) is 6.92 Å². The van der Waals surface area contributed by atoms with Crippen LogP contribution in [-0.4, -0.2) is 55.9 Å². The van der Waals surface area contributed by atoms with Crippen LogP contribution in [0.15, 0.2) is 0 Å².